The predicted octanol–water partition coefficient (Wildman–Crippen LogP) is 10.0. The number of quaternary nitrogens is 1. The molecule has 3 nitrogen and oxygen atoms in total. The molecule has 0 saturated heterocycles. The summed E-state index contributed by atoms with van der Waals surface area (Å²) in [5.74, 6) is 0. The maximum Gasteiger partial charge on any atom is 0.195 e. The third-order valence-corrected chi connectivity index (χ3v) is 10.9. The second-order valence-electron chi connectivity index (χ2n) is 11.9. The molecule has 0 radical (unpaired) electrons. The van der Waals surface area contributed by atoms with E-state index in [0.29, 0.717) is 0 Å². The van der Waals surface area contributed by atoms with Crippen LogP contribution in [0.1, 0.15) is 17.8 Å². The zero-order chi connectivity index (χ0) is 28.8. The first-order valence-electron chi connectivity index (χ1n) is 15.3. The van der Waals surface area contributed by atoms with Crippen LogP contribution in [0.2, 0.25) is 0 Å². The van der Waals surface area contributed by atoms with Gasteiger partial charge in [-0.1, -0.05) is 109 Å². The Morgan fingerprint density at radius 2 is 1.16 bits per heavy atom. The quantitative estimate of drug-likeness (QED) is 0.195. The number of fused-ring (bicyclic) bond motifs is 11. The normalized spacial score (nSPS) is 16.7. The zero-order valence-corrected chi connectivity index (χ0v) is 24.7. The summed E-state index contributed by atoms with van der Waals surface area (Å²) in [6, 6.07) is 51.4. The van der Waals surface area contributed by atoms with Crippen molar-refractivity contribution in [1.29, 1.82) is 0 Å². The van der Waals surface area contributed by atoms with Crippen molar-refractivity contribution in [3.05, 3.63) is 145 Å². The van der Waals surface area contributed by atoms with Gasteiger partial charge in [0.2, 0.25) is 0 Å². The van der Waals surface area contributed by atoms with Crippen molar-refractivity contribution in [3.8, 4) is 0 Å². The number of benzene rings is 7. The molecule has 10 rings (SSSR count). The summed E-state index contributed by atoms with van der Waals surface area (Å²) in [4.78, 5) is 0. The van der Waals surface area contributed by atoms with Crippen LogP contribution in [0.25, 0.3) is 63.5 Å². The SMILES string of the molecule is c1ccc2c(c1)NC(c1cccc3c1sc1ccccc13)C(n1c3ccc4ccccc4c3c3c4ccccc4ccc31)[NH2+]2. The van der Waals surface area contributed by atoms with Crippen LogP contribution in [0.15, 0.2) is 140 Å². The summed E-state index contributed by atoms with van der Waals surface area (Å²) in [6.45, 7) is 0. The molecule has 2 atom stereocenters. The summed E-state index contributed by atoms with van der Waals surface area (Å²) in [6.07, 6.45) is 0.0445. The second-order valence-corrected chi connectivity index (χ2v) is 13.0. The molecule has 208 valence electrons. The number of nitrogens with zero attached hydrogens (tertiary/aromatic N) is 1. The van der Waals surface area contributed by atoms with Crippen LogP contribution in [-0.4, -0.2) is 4.57 Å². The fourth-order valence-electron chi connectivity index (χ4n) is 7.70. The van der Waals surface area contributed by atoms with Gasteiger partial charge in [0.1, 0.15) is 6.04 Å². The van der Waals surface area contributed by atoms with Crippen LogP contribution in [-0.2, 0) is 0 Å². The first kappa shape index (κ1) is 24.3. The Kier molecular flexibility index (Phi) is 5.06. The van der Waals surface area contributed by atoms with Crippen LogP contribution >= 0.6 is 11.3 Å². The van der Waals surface area contributed by atoms with E-state index in [-0.39, 0.29) is 12.2 Å². The molecule has 0 fully saturated rings. The summed E-state index contributed by atoms with van der Waals surface area (Å²) in [7, 11) is 0. The van der Waals surface area contributed by atoms with Crippen molar-refractivity contribution in [2.45, 2.75) is 12.2 Å². The number of aromatic nitrogens is 1. The average molecular weight is 583 g/mol. The van der Waals surface area contributed by atoms with Gasteiger partial charge >= 0.3 is 0 Å². The molecule has 0 saturated carbocycles. The average Bonchev–Trinajstić information content (AvgIpc) is 3.64. The molecule has 0 aliphatic carbocycles. The van der Waals surface area contributed by atoms with E-state index >= 15 is 0 Å². The lowest BCUT2D eigenvalue weighted by Crippen LogP contribution is -2.84. The van der Waals surface area contributed by atoms with Crippen LogP contribution < -0.4 is 10.6 Å². The van der Waals surface area contributed by atoms with Gasteiger partial charge in [-0.2, -0.15) is 0 Å². The van der Waals surface area contributed by atoms with Gasteiger partial charge in [0.05, 0.1) is 16.7 Å². The number of nitrogens with two attached hydrogens (primary N) is 1. The zero-order valence-electron chi connectivity index (χ0n) is 23.9. The highest BCUT2D eigenvalue weighted by atomic mass is 32.1. The van der Waals surface area contributed by atoms with Crippen LogP contribution in [0.4, 0.5) is 11.4 Å². The van der Waals surface area contributed by atoms with Gasteiger partial charge in [-0.05, 0) is 45.8 Å². The van der Waals surface area contributed by atoms with E-state index in [1.165, 1.54) is 80.5 Å². The summed E-state index contributed by atoms with van der Waals surface area (Å²) in [5.41, 5.74) is 6.31. The molecule has 1 aliphatic rings. The van der Waals surface area contributed by atoms with Gasteiger partial charge in [0.15, 0.2) is 11.9 Å². The van der Waals surface area contributed by atoms with Gasteiger partial charge in [-0.15, -0.1) is 11.3 Å². The van der Waals surface area contributed by atoms with Crippen LogP contribution in [0.5, 0.6) is 0 Å². The van der Waals surface area contributed by atoms with Gasteiger partial charge in [0.25, 0.3) is 0 Å². The number of hydrogen-bond acceptors (Lipinski definition) is 2. The molecular formula is C40H28N3S+. The first-order valence-corrected chi connectivity index (χ1v) is 16.1. The molecule has 2 aromatic heterocycles. The molecule has 0 spiro atoms. The lowest BCUT2D eigenvalue weighted by molar-refractivity contribution is -0.639. The fourth-order valence-corrected chi connectivity index (χ4v) is 8.96. The molecule has 3 N–H and O–H groups in total. The number of anilines is 1. The summed E-state index contributed by atoms with van der Waals surface area (Å²) < 4.78 is 5.31. The topological polar surface area (TPSA) is 33.6 Å². The lowest BCUT2D eigenvalue weighted by atomic mass is 9.97. The van der Waals surface area contributed by atoms with Crippen molar-refractivity contribution in [3.63, 3.8) is 0 Å². The highest BCUT2D eigenvalue weighted by Gasteiger charge is 2.37. The third kappa shape index (κ3) is 3.35. The molecule has 9 aromatic rings. The predicted molar refractivity (Wildman–Crippen MR) is 187 cm³/mol. The molecular weight excluding hydrogens is 555 g/mol. The van der Waals surface area contributed by atoms with Crippen LogP contribution in [0.3, 0.4) is 0 Å². The Labute approximate surface area is 258 Å². The summed E-state index contributed by atoms with van der Waals surface area (Å²) >= 11 is 1.91. The molecule has 4 heteroatoms. The molecule has 7 aromatic carbocycles. The van der Waals surface area contributed by atoms with E-state index in [1.54, 1.807) is 0 Å². The Bertz CT molecular complexity index is 2500. The van der Waals surface area contributed by atoms with E-state index in [4.69, 9.17) is 0 Å². The van der Waals surface area contributed by atoms with E-state index in [2.05, 4.69) is 155 Å². The van der Waals surface area contributed by atoms with Crippen molar-refractivity contribution < 1.29 is 5.32 Å². The maximum absolute atomic E-state index is 4.05. The van der Waals surface area contributed by atoms with Gasteiger partial charge in [-0.3, -0.25) is 9.88 Å². The lowest BCUT2D eigenvalue weighted by Gasteiger charge is -2.34. The third-order valence-electron chi connectivity index (χ3n) is 9.61. The number of hydrogen-bond donors (Lipinski definition) is 2. The van der Waals surface area contributed by atoms with Crippen molar-refractivity contribution >= 4 is 86.2 Å². The monoisotopic (exact) mass is 582 g/mol. The van der Waals surface area contributed by atoms with Crippen LogP contribution in [0, 0.1) is 0 Å². The number of thiophene rings is 1. The Morgan fingerprint density at radius 1 is 0.545 bits per heavy atom. The number of rotatable bonds is 2. The van der Waals surface area contributed by atoms with Gasteiger partial charge in [-0.25, -0.2) is 0 Å². The van der Waals surface area contributed by atoms with Crippen molar-refractivity contribution in [1.82, 2.24) is 4.57 Å². The van der Waals surface area contributed by atoms with E-state index in [0.717, 1.165) is 0 Å². The standard InChI is InChI=1S/C40H27N3S/c1-3-12-26-24(10-1)20-22-33-36(26)37-27-13-4-2-11-25(27)21-23-34(37)43(33)40-38(41-31-17-6-7-18-32(31)42-40)30-16-9-15-29-28-14-5-8-19-35(28)44-39(29)30/h1-23,38,40-42H/p+1. The summed E-state index contributed by atoms with van der Waals surface area (Å²) in [5, 5.41) is 17.0. The Hall–Kier alpha value is -5.16. The van der Waals surface area contributed by atoms with E-state index in [9.17, 15) is 0 Å². The molecule has 44 heavy (non-hydrogen) atoms. The molecule has 2 unspecified atom stereocenters. The smallest absolute Gasteiger partial charge is 0.195 e. The Morgan fingerprint density at radius 3 is 1.91 bits per heavy atom. The minimum absolute atomic E-state index is 0.0402. The van der Waals surface area contributed by atoms with E-state index in [1.807, 2.05) is 11.3 Å². The van der Waals surface area contributed by atoms with Gasteiger partial charge in [0, 0.05) is 42.6 Å². The Balaban J connectivity index is 1.32. The molecule has 3 heterocycles. The molecule has 0 bridgehead atoms. The minimum Gasteiger partial charge on any atom is -0.366 e. The fraction of sp³-hybridized carbons (Fsp3) is 0.0500. The number of para-hydroxylation sites is 2. The van der Waals surface area contributed by atoms with Crippen molar-refractivity contribution in [2.75, 3.05) is 5.32 Å². The maximum atomic E-state index is 4.05. The van der Waals surface area contributed by atoms with Crippen molar-refractivity contribution in [2.24, 2.45) is 0 Å². The first-order chi connectivity index (χ1) is 21.8. The van der Waals surface area contributed by atoms with E-state index < -0.39 is 0 Å². The second kappa shape index (κ2) is 9.17. The number of nitrogens with one attached hydrogen (secondary N) is 1. The van der Waals surface area contributed by atoms with Gasteiger partial charge < -0.3 is 5.32 Å². The minimum atomic E-state index is 0.0402. The molecule has 1 aliphatic heterocycles. The highest BCUT2D eigenvalue weighted by Crippen LogP contribution is 2.46. The largest absolute Gasteiger partial charge is 0.366 e. The highest BCUT2D eigenvalue weighted by molar-refractivity contribution is 7.26. The molecule has 0 amide bonds.